The predicted molar refractivity (Wildman–Crippen MR) is 54.1 cm³/mol. The van der Waals surface area contributed by atoms with Crippen LogP contribution in [0.15, 0.2) is 24.3 Å². The summed E-state index contributed by atoms with van der Waals surface area (Å²) in [7, 11) is 2.00. The average molecular weight is 201 g/mol. The molecule has 0 aliphatic rings. The van der Waals surface area contributed by atoms with Crippen molar-refractivity contribution in [2.45, 2.75) is 0 Å². The number of para-hydroxylation sites is 1. The van der Waals surface area contributed by atoms with E-state index in [1.54, 1.807) is 18.2 Å². The van der Waals surface area contributed by atoms with E-state index >= 15 is 0 Å². The van der Waals surface area contributed by atoms with Crippen LogP contribution in [-0.4, -0.2) is 35.5 Å². The number of benzene rings is 1. The SMILES string of the molecule is CO.CO.Nc1ccccc1C(=O)O. The van der Waals surface area contributed by atoms with Crippen LogP contribution in [0.2, 0.25) is 0 Å². The lowest BCUT2D eigenvalue weighted by Crippen LogP contribution is -2.00. The zero-order chi connectivity index (χ0) is 11.6. The molecule has 80 valence electrons. The maximum absolute atomic E-state index is 10.3. The molecule has 14 heavy (non-hydrogen) atoms. The number of aliphatic hydroxyl groups excluding tert-OH is 2. The van der Waals surface area contributed by atoms with E-state index < -0.39 is 5.97 Å². The molecule has 0 aromatic heterocycles. The molecule has 0 unspecified atom stereocenters. The van der Waals surface area contributed by atoms with Crippen molar-refractivity contribution < 1.29 is 20.1 Å². The number of nitrogen functional groups attached to an aromatic ring is 1. The Hall–Kier alpha value is -1.59. The van der Waals surface area contributed by atoms with Crippen molar-refractivity contribution in [3.8, 4) is 0 Å². The van der Waals surface area contributed by atoms with Gasteiger partial charge in [-0.3, -0.25) is 0 Å². The third-order valence-corrected chi connectivity index (χ3v) is 1.19. The van der Waals surface area contributed by atoms with Crippen molar-refractivity contribution in [1.82, 2.24) is 0 Å². The molecule has 0 aliphatic heterocycles. The smallest absolute Gasteiger partial charge is 0.337 e. The molecule has 0 aliphatic carbocycles. The van der Waals surface area contributed by atoms with E-state index in [1.165, 1.54) is 6.07 Å². The number of nitrogens with two attached hydrogens (primary N) is 1. The fourth-order valence-corrected chi connectivity index (χ4v) is 0.692. The summed E-state index contributed by atoms with van der Waals surface area (Å²) in [6.45, 7) is 0. The lowest BCUT2D eigenvalue weighted by Gasteiger charge is -1.96. The largest absolute Gasteiger partial charge is 0.478 e. The number of rotatable bonds is 1. The summed E-state index contributed by atoms with van der Waals surface area (Å²) in [4.78, 5) is 10.3. The number of carboxylic acid groups (broad SMARTS) is 1. The van der Waals surface area contributed by atoms with Crippen LogP contribution in [-0.2, 0) is 0 Å². The van der Waals surface area contributed by atoms with E-state index in [0.29, 0.717) is 5.69 Å². The van der Waals surface area contributed by atoms with Gasteiger partial charge in [0.15, 0.2) is 0 Å². The molecule has 0 saturated heterocycles. The van der Waals surface area contributed by atoms with Crippen molar-refractivity contribution in [2.24, 2.45) is 0 Å². The lowest BCUT2D eigenvalue weighted by atomic mass is 10.2. The van der Waals surface area contributed by atoms with Crippen molar-refractivity contribution in [3.63, 3.8) is 0 Å². The second-order valence-electron chi connectivity index (χ2n) is 1.89. The third-order valence-electron chi connectivity index (χ3n) is 1.19. The highest BCUT2D eigenvalue weighted by Crippen LogP contribution is 2.08. The topological polar surface area (TPSA) is 104 Å². The number of hydrogen-bond acceptors (Lipinski definition) is 4. The van der Waals surface area contributed by atoms with Gasteiger partial charge in [-0.1, -0.05) is 12.1 Å². The van der Waals surface area contributed by atoms with Gasteiger partial charge in [-0.05, 0) is 12.1 Å². The van der Waals surface area contributed by atoms with Gasteiger partial charge < -0.3 is 21.1 Å². The fourth-order valence-electron chi connectivity index (χ4n) is 0.692. The minimum absolute atomic E-state index is 0.155. The number of hydrogen-bond donors (Lipinski definition) is 4. The number of carbonyl (C=O) groups is 1. The Bertz CT molecular complexity index is 263. The summed E-state index contributed by atoms with van der Waals surface area (Å²) < 4.78 is 0. The van der Waals surface area contributed by atoms with Crippen LogP contribution in [0, 0.1) is 0 Å². The molecular formula is C9H15NO4. The van der Waals surface area contributed by atoms with Gasteiger partial charge in [0.25, 0.3) is 0 Å². The maximum Gasteiger partial charge on any atom is 0.337 e. The molecule has 5 heteroatoms. The summed E-state index contributed by atoms with van der Waals surface area (Å²) in [5.41, 5.74) is 5.80. The standard InChI is InChI=1S/C7H7NO2.2CH4O/c8-6-4-2-1-3-5(6)7(9)10;2*1-2/h1-4H,8H2,(H,9,10);2*2H,1H3. The molecule has 0 fully saturated rings. The number of aliphatic hydroxyl groups is 2. The van der Waals surface area contributed by atoms with Crippen molar-refractivity contribution >= 4 is 11.7 Å². The zero-order valence-electron chi connectivity index (χ0n) is 8.14. The highest BCUT2D eigenvalue weighted by Gasteiger charge is 2.03. The first-order valence-electron chi connectivity index (χ1n) is 3.69. The van der Waals surface area contributed by atoms with Crippen LogP contribution >= 0.6 is 0 Å². The fraction of sp³-hybridized carbons (Fsp3) is 0.222. The van der Waals surface area contributed by atoms with Crippen molar-refractivity contribution in [1.29, 1.82) is 0 Å². The maximum atomic E-state index is 10.3. The first-order valence-corrected chi connectivity index (χ1v) is 3.69. The highest BCUT2D eigenvalue weighted by molar-refractivity contribution is 5.93. The summed E-state index contributed by atoms with van der Waals surface area (Å²) in [5.74, 6) is -0.988. The van der Waals surface area contributed by atoms with E-state index in [0.717, 1.165) is 14.2 Å². The lowest BCUT2D eigenvalue weighted by molar-refractivity contribution is 0.0698. The van der Waals surface area contributed by atoms with Crippen LogP contribution in [0.3, 0.4) is 0 Å². The first kappa shape index (κ1) is 14.9. The zero-order valence-corrected chi connectivity index (χ0v) is 8.14. The van der Waals surface area contributed by atoms with Gasteiger partial charge in [-0.15, -0.1) is 0 Å². The van der Waals surface area contributed by atoms with Gasteiger partial charge >= 0.3 is 5.97 Å². The van der Waals surface area contributed by atoms with Crippen LogP contribution in [0.4, 0.5) is 5.69 Å². The summed E-state index contributed by atoms with van der Waals surface area (Å²) in [6, 6.07) is 6.36. The molecule has 1 aromatic carbocycles. The Morgan fingerprint density at radius 3 is 1.86 bits per heavy atom. The van der Waals surface area contributed by atoms with Crippen molar-refractivity contribution in [3.05, 3.63) is 29.8 Å². The minimum Gasteiger partial charge on any atom is -0.478 e. The Kier molecular flexibility index (Phi) is 10.1. The van der Waals surface area contributed by atoms with Crippen LogP contribution in [0.25, 0.3) is 0 Å². The number of carboxylic acids is 1. The van der Waals surface area contributed by atoms with E-state index in [4.69, 9.17) is 21.1 Å². The second kappa shape index (κ2) is 9.50. The molecule has 0 bridgehead atoms. The Labute approximate surface area is 82.4 Å². The molecule has 1 aromatic rings. The van der Waals surface area contributed by atoms with Gasteiger partial charge in [0.1, 0.15) is 0 Å². The Balaban J connectivity index is 0. The van der Waals surface area contributed by atoms with E-state index in [9.17, 15) is 4.79 Å². The summed E-state index contributed by atoms with van der Waals surface area (Å²) in [6.07, 6.45) is 0. The van der Waals surface area contributed by atoms with Crippen LogP contribution in [0.5, 0.6) is 0 Å². The molecule has 0 saturated carbocycles. The van der Waals surface area contributed by atoms with E-state index in [-0.39, 0.29) is 5.56 Å². The predicted octanol–water partition coefficient (Wildman–Crippen LogP) is 0.184. The Morgan fingerprint density at radius 1 is 1.14 bits per heavy atom. The Morgan fingerprint density at radius 2 is 1.57 bits per heavy atom. The minimum atomic E-state index is -0.988. The van der Waals surface area contributed by atoms with E-state index in [2.05, 4.69) is 0 Å². The second-order valence-corrected chi connectivity index (χ2v) is 1.89. The third kappa shape index (κ3) is 5.13. The average Bonchev–Trinajstić information content (AvgIpc) is 2.24. The number of anilines is 1. The van der Waals surface area contributed by atoms with Gasteiger partial charge in [0.05, 0.1) is 5.56 Å². The van der Waals surface area contributed by atoms with Crippen LogP contribution < -0.4 is 5.73 Å². The summed E-state index contributed by atoms with van der Waals surface area (Å²) >= 11 is 0. The van der Waals surface area contributed by atoms with Gasteiger partial charge in [0, 0.05) is 19.9 Å². The monoisotopic (exact) mass is 201 g/mol. The molecule has 0 atom stereocenters. The molecule has 0 heterocycles. The molecular weight excluding hydrogens is 186 g/mol. The van der Waals surface area contributed by atoms with Gasteiger partial charge in [-0.2, -0.15) is 0 Å². The van der Waals surface area contributed by atoms with Crippen molar-refractivity contribution in [2.75, 3.05) is 20.0 Å². The highest BCUT2D eigenvalue weighted by atomic mass is 16.4. The molecule has 1 rings (SSSR count). The quantitative estimate of drug-likeness (QED) is 0.485. The molecule has 0 amide bonds. The first-order chi connectivity index (χ1) is 6.72. The van der Waals surface area contributed by atoms with Gasteiger partial charge in [0.2, 0.25) is 0 Å². The van der Waals surface area contributed by atoms with E-state index in [1.807, 2.05) is 0 Å². The number of aromatic carboxylic acids is 1. The summed E-state index contributed by atoms with van der Waals surface area (Å²) in [5, 5.41) is 22.5. The molecule has 5 nitrogen and oxygen atoms in total. The molecule has 0 radical (unpaired) electrons. The van der Waals surface area contributed by atoms with Crippen LogP contribution in [0.1, 0.15) is 10.4 Å². The molecule has 0 spiro atoms. The van der Waals surface area contributed by atoms with Gasteiger partial charge in [-0.25, -0.2) is 4.79 Å². The molecule has 5 N–H and O–H groups in total. The normalized spacial score (nSPS) is 7.43.